The molecule has 0 radical (unpaired) electrons. The van der Waals surface area contributed by atoms with Crippen molar-refractivity contribution in [1.29, 1.82) is 0 Å². The van der Waals surface area contributed by atoms with Gasteiger partial charge in [0.15, 0.2) is 0 Å². The third kappa shape index (κ3) is 0.828. The van der Waals surface area contributed by atoms with Gasteiger partial charge in [-0.05, 0) is 0 Å². The van der Waals surface area contributed by atoms with Crippen LogP contribution in [0.2, 0.25) is 0 Å². The zero-order valence-corrected chi connectivity index (χ0v) is 4.00. The normalized spacial score (nSPS) is 26.1. The molecule has 0 spiro atoms. The Kier molecular flexibility index (Phi) is 1.24. The van der Waals surface area contributed by atoms with Gasteiger partial charge in [0.05, 0.1) is 0 Å². The predicted molar refractivity (Wildman–Crippen MR) is 24.3 cm³/mol. The van der Waals surface area contributed by atoms with Crippen molar-refractivity contribution < 1.29 is 13.9 Å². The Morgan fingerprint density at radius 3 is 3.00 bits per heavy atom. The molecule has 1 aliphatic heterocycles. The molecule has 0 aromatic carbocycles. The van der Waals surface area contributed by atoms with E-state index in [1.54, 1.807) is 0 Å². The van der Waals surface area contributed by atoms with Gasteiger partial charge in [0.25, 0.3) is 0 Å². The van der Waals surface area contributed by atoms with Crippen LogP contribution in [0.25, 0.3) is 0 Å². The lowest BCUT2D eigenvalue weighted by molar-refractivity contribution is -0.137. The second kappa shape index (κ2) is 1.90. The fourth-order valence-corrected chi connectivity index (χ4v) is 0.410. The van der Waals surface area contributed by atoms with Gasteiger partial charge in [-0.3, -0.25) is 0 Å². The Hall–Kier alpha value is -0.930. The second-order valence-electron chi connectivity index (χ2n) is 1.32. The Bertz CT molecular complexity index is 134. The topological polar surface area (TPSA) is 38.7 Å². The number of nitrogens with zero attached hydrogens (tertiary/aromatic N) is 1. The van der Waals surface area contributed by atoms with E-state index in [1.165, 1.54) is 0 Å². The Balaban J connectivity index is 2.46. The predicted octanol–water partition coefficient (Wildman–Crippen LogP) is -0.0904. The molecule has 1 unspecified atom stereocenters. The van der Waals surface area contributed by atoms with E-state index >= 15 is 0 Å². The van der Waals surface area contributed by atoms with Gasteiger partial charge in [0, 0.05) is 0 Å². The highest BCUT2D eigenvalue weighted by Gasteiger charge is 2.16. The number of ether oxygens (including phenoxy) is 1. The lowest BCUT2D eigenvalue weighted by Crippen LogP contribution is -2.09. The summed E-state index contributed by atoms with van der Waals surface area (Å²) in [6, 6.07) is 0. The fourth-order valence-electron chi connectivity index (χ4n) is 0.410. The summed E-state index contributed by atoms with van der Waals surface area (Å²) in [7, 11) is 0. The number of esters is 1. The van der Waals surface area contributed by atoms with E-state index in [-0.39, 0.29) is 0 Å². The maximum atomic E-state index is 11.5. The van der Waals surface area contributed by atoms with E-state index in [0.29, 0.717) is 0 Å². The van der Waals surface area contributed by atoms with E-state index in [9.17, 15) is 9.18 Å². The van der Waals surface area contributed by atoms with Crippen molar-refractivity contribution in [1.82, 2.24) is 0 Å². The molecule has 8 heavy (non-hydrogen) atoms. The highest BCUT2D eigenvalue weighted by atomic mass is 19.1. The van der Waals surface area contributed by atoms with Crippen molar-refractivity contribution in [2.75, 3.05) is 6.67 Å². The van der Waals surface area contributed by atoms with E-state index in [2.05, 4.69) is 9.73 Å². The molecular formula is C4H4FNO2. The minimum absolute atomic E-state index is 0.562. The quantitative estimate of drug-likeness (QED) is 0.450. The van der Waals surface area contributed by atoms with Gasteiger partial charge in [-0.25, -0.2) is 14.2 Å². The number of cyclic esters (lactones) is 1. The number of halogens is 1. The first-order valence-electron chi connectivity index (χ1n) is 2.12. The Labute approximate surface area is 45.2 Å². The molecule has 44 valence electrons. The second-order valence-corrected chi connectivity index (χ2v) is 1.32. The van der Waals surface area contributed by atoms with Crippen LogP contribution < -0.4 is 0 Å². The molecule has 1 heterocycles. The van der Waals surface area contributed by atoms with Gasteiger partial charge >= 0.3 is 5.97 Å². The van der Waals surface area contributed by atoms with Gasteiger partial charge in [-0.2, -0.15) is 0 Å². The van der Waals surface area contributed by atoms with Gasteiger partial charge < -0.3 is 4.74 Å². The van der Waals surface area contributed by atoms with Gasteiger partial charge in [0.2, 0.25) is 6.23 Å². The van der Waals surface area contributed by atoms with Crippen LogP contribution in [0.1, 0.15) is 0 Å². The molecule has 1 atom stereocenters. The standard InChI is InChI=1S/C4H4FNO2/c5-1-3-6-2-4(7)8-3/h2-3H,1H2. The number of hydrogen-bond acceptors (Lipinski definition) is 3. The van der Waals surface area contributed by atoms with Crippen molar-refractivity contribution >= 4 is 12.2 Å². The third-order valence-corrected chi connectivity index (χ3v) is 0.730. The molecule has 0 amide bonds. The first-order chi connectivity index (χ1) is 3.83. The summed E-state index contributed by atoms with van der Waals surface area (Å²) < 4.78 is 15.8. The minimum atomic E-state index is -0.873. The lowest BCUT2D eigenvalue weighted by Gasteiger charge is -1.97. The largest absolute Gasteiger partial charge is 0.433 e. The summed E-state index contributed by atoms with van der Waals surface area (Å²) in [4.78, 5) is 13.4. The van der Waals surface area contributed by atoms with Gasteiger partial charge in [-0.1, -0.05) is 0 Å². The van der Waals surface area contributed by atoms with Crippen LogP contribution in [0.15, 0.2) is 4.99 Å². The van der Waals surface area contributed by atoms with Crippen molar-refractivity contribution in [2.45, 2.75) is 6.23 Å². The summed E-state index contributed by atoms with van der Waals surface area (Å²) in [6.07, 6.45) is 0.104. The molecule has 0 saturated carbocycles. The van der Waals surface area contributed by atoms with Crippen LogP contribution in [-0.2, 0) is 9.53 Å². The number of aliphatic imine (C=N–C) groups is 1. The van der Waals surface area contributed by atoms with E-state index in [4.69, 9.17) is 0 Å². The third-order valence-electron chi connectivity index (χ3n) is 0.730. The molecule has 1 aliphatic rings. The van der Waals surface area contributed by atoms with E-state index < -0.39 is 18.9 Å². The molecule has 0 bridgehead atoms. The van der Waals surface area contributed by atoms with Crippen molar-refractivity contribution in [2.24, 2.45) is 4.99 Å². The van der Waals surface area contributed by atoms with Crippen molar-refractivity contribution in [3.8, 4) is 0 Å². The number of rotatable bonds is 1. The molecule has 0 saturated heterocycles. The zero-order chi connectivity index (χ0) is 5.98. The zero-order valence-electron chi connectivity index (χ0n) is 4.00. The molecular weight excluding hydrogens is 113 g/mol. The number of alkyl halides is 1. The van der Waals surface area contributed by atoms with Crippen molar-refractivity contribution in [3.05, 3.63) is 0 Å². The average Bonchev–Trinajstić information content (AvgIpc) is 2.14. The van der Waals surface area contributed by atoms with Crippen LogP contribution in [-0.4, -0.2) is 25.1 Å². The lowest BCUT2D eigenvalue weighted by atomic mass is 10.7. The van der Waals surface area contributed by atoms with Crippen molar-refractivity contribution in [3.63, 3.8) is 0 Å². The maximum absolute atomic E-state index is 11.5. The molecule has 0 aliphatic carbocycles. The SMILES string of the molecule is O=C1C=NC(CF)O1. The highest BCUT2D eigenvalue weighted by molar-refractivity contribution is 6.24. The summed E-state index contributed by atoms with van der Waals surface area (Å²) in [6.45, 7) is -0.734. The summed E-state index contributed by atoms with van der Waals surface area (Å²) in [5, 5.41) is 0. The molecule has 3 nitrogen and oxygen atoms in total. The number of carbonyl (C=O) groups excluding carboxylic acids is 1. The Morgan fingerprint density at radius 1 is 2.00 bits per heavy atom. The highest BCUT2D eigenvalue weighted by Crippen LogP contribution is 2.00. The summed E-state index contributed by atoms with van der Waals surface area (Å²) in [5.74, 6) is -0.562. The summed E-state index contributed by atoms with van der Waals surface area (Å²) in [5.41, 5.74) is 0. The Morgan fingerprint density at radius 2 is 2.75 bits per heavy atom. The van der Waals surface area contributed by atoms with Gasteiger partial charge in [-0.15, -0.1) is 0 Å². The molecule has 0 aromatic heterocycles. The van der Waals surface area contributed by atoms with Crippen LogP contribution in [0, 0.1) is 0 Å². The maximum Gasteiger partial charge on any atom is 0.351 e. The number of hydrogen-bond donors (Lipinski definition) is 0. The smallest absolute Gasteiger partial charge is 0.351 e. The number of carbonyl (C=O) groups is 1. The van der Waals surface area contributed by atoms with Gasteiger partial charge in [0.1, 0.15) is 12.9 Å². The molecule has 4 heteroatoms. The average molecular weight is 117 g/mol. The minimum Gasteiger partial charge on any atom is -0.433 e. The van der Waals surface area contributed by atoms with E-state index in [1.807, 2.05) is 0 Å². The van der Waals surface area contributed by atoms with Crippen LogP contribution in [0.3, 0.4) is 0 Å². The monoisotopic (exact) mass is 117 g/mol. The van der Waals surface area contributed by atoms with Crippen LogP contribution in [0.4, 0.5) is 4.39 Å². The van der Waals surface area contributed by atoms with Crippen LogP contribution >= 0.6 is 0 Å². The fraction of sp³-hybridized carbons (Fsp3) is 0.500. The molecule has 0 N–H and O–H groups in total. The molecule has 1 rings (SSSR count). The van der Waals surface area contributed by atoms with Crippen LogP contribution in [0.5, 0.6) is 0 Å². The van der Waals surface area contributed by atoms with E-state index in [0.717, 1.165) is 6.21 Å². The molecule has 0 aromatic rings. The molecule has 0 fully saturated rings. The summed E-state index contributed by atoms with van der Waals surface area (Å²) >= 11 is 0. The first-order valence-corrected chi connectivity index (χ1v) is 2.12. The first kappa shape index (κ1) is 5.21.